The fraction of sp³-hybridized carbons (Fsp3) is 0.941. The molecule has 2 atom stereocenters. The van der Waals surface area contributed by atoms with E-state index in [1.165, 1.54) is 51.9 Å². The number of aliphatic hydroxyl groups excluding tert-OH is 1. The van der Waals surface area contributed by atoms with Crippen molar-refractivity contribution in [3.63, 3.8) is 0 Å². The van der Waals surface area contributed by atoms with Crippen molar-refractivity contribution in [2.75, 3.05) is 0 Å². The summed E-state index contributed by atoms with van der Waals surface area (Å²) in [6, 6.07) is 0. The first-order valence-electron chi connectivity index (χ1n) is 9.22. The molecule has 0 saturated carbocycles. The summed E-state index contributed by atoms with van der Waals surface area (Å²) < 4.78 is 31.1. The molecule has 0 aromatic rings. The molecule has 0 saturated heterocycles. The van der Waals surface area contributed by atoms with Crippen LogP contribution in [0.2, 0.25) is 0 Å². The predicted molar refractivity (Wildman–Crippen MR) is 96.2 cm³/mol. The van der Waals surface area contributed by atoms with Gasteiger partial charge in [-0.1, -0.05) is 71.1 Å². The van der Waals surface area contributed by atoms with Crippen LogP contribution in [0.3, 0.4) is 0 Å². The van der Waals surface area contributed by atoms with Crippen molar-refractivity contribution in [2.45, 2.75) is 102 Å². The molecule has 1 amide bonds. The van der Waals surface area contributed by atoms with Crippen molar-refractivity contribution in [3.8, 4) is 0 Å². The second kappa shape index (κ2) is 13.6. The summed E-state index contributed by atoms with van der Waals surface area (Å²) in [6.45, 7) is 3.43. The third kappa shape index (κ3) is 12.7. The molecule has 2 unspecified atom stereocenters. The van der Waals surface area contributed by atoms with Crippen molar-refractivity contribution < 1.29 is 22.9 Å². The summed E-state index contributed by atoms with van der Waals surface area (Å²) in [4.78, 5) is 11.7. The van der Waals surface area contributed by atoms with Gasteiger partial charge >= 0.3 is 0 Å². The van der Waals surface area contributed by atoms with E-state index in [2.05, 4.69) is 12.2 Å². The van der Waals surface area contributed by atoms with Crippen molar-refractivity contribution in [1.82, 2.24) is 5.32 Å². The second-order valence-corrected chi connectivity index (χ2v) is 8.07. The van der Waals surface area contributed by atoms with Crippen molar-refractivity contribution in [3.05, 3.63) is 0 Å². The Hall–Kier alpha value is -0.660. The van der Waals surface area contributed by atoms with Crippen LogP contribution in [-0.4, -0.2) is 35.5 Å². The monoisotopic (exact) mass is 365 g/mol. The van der Waals surface area contributed by atoms with Gasteiger partial charge in [0.2, 0.25) is 5.91 Å². The van der Waals surface area contributed by atoms with Gasteiger partial charge in [-0.25, -0.2) is 0 Å². The molecule has 0 fully saturated rings. The highest BCUT2D eigenvalue weighted by Gasteiger charge is 2.29. The molecule has 7 heteroatoms. The zero-order valence-corrected chi connectivity index (χ0v) is 16.0. The normalized spacial score (nSPS) is 14.3. The number of nitrogens with one attached hydrogen (secondary N) is 1. The minimum absolute atomic E-state index is 0.204. The van der Waals surface area contributed by atoms with Crippen LogP contribution < -0.4 is 5.32 Å². The maximum Gasteiger partial charge on any atom is 0.288 e. The number of carbonyl (C=O) groups excluding carboxylic acids is 1. The minimum Gasteiger partial charge on any atom is -0.390 e. The van der Waals surface area contributed by atoms with Crippen LogP contribution in [0.15, 0.2) is 0 Å². The summed E-state index contributed by atoms with van der Waals surface area (Å²) in [6.07, 6.45) is 11.8. The summed E-state index contributed by atoms with van der Waals surface area (Å²) >= 11 is 0. The third-order valence-electron chi connectivity index (χ3n) is 4.07. The average Bonchev–Trinajstić information content (AvgIpc) is 2.48. The lowest BCUT2D eigenvalue weighted by Crippen LogP contribution is -2.47. The Balaban J connectivity index is 3.62. The number of hydrogen-bond donors (Lipinski definition) is 3. The van der Waals surface area contributed by atoms with Crippen LogP contribution in [0.1, 0.15) is 90.9 Å². The Bertz CT molecular complexity index is 423. The van der Waals surface area contributed by atoms with Crippen molar-refractivity contribution >= 4 is 16.0 Å². The molecule has 24 heavy (non-hydrogen) atoms. The lowest BCUT2D eigenvalue weighted by Gasteiger charge is -2.18. The standard InChI is InChI=1S/C17H35NO5S/c1-3-4-5-6-7-8-9-10-11-12-13-14-16(20)18-17(15(2)19)24(21,22)23/h15,17,19H,3-14H2,1-2H3,(H,18,20)(H,21,22,23). The minimum atomic E-state index is -4.50. The molecule has 0 rings (SSSR count). The highest BCUT2D eigenvalue weighted by atomic mass is 32.2. The Labute approximate surface area is 147 Å². The number of aliphatic hydroxyl groups is 1. The molecule has 0 bridgehead atoms. The van der Waals surface area contributed by atoms with Crippen LogP contribution in [0.5, 0.6) is 0 Å². The summed E-state index contributed by atoms with van der Waals surface area (Å²) in [5, 5.41) is 9.81. The van der Waals surface area contributed by atoms with E-state index in [-0.39, 0.29) is 6.42 Å². The number of unbranched alkanes of at least 4 members (excludes halogenated alkanes) is 10. The maximum absolute atomic E-state index is 11.7. The summed E-state index contributed by atoms with van der Waals surface area (Å²) in [5.74, 6) is -0.463. The van der Waals surface area contributed by atoms with E-state index in [0.29, 0.717) is 6.42 Å². The molecule has 0 radical (unpaired) electrons. The van der Waals surface area contributed by atoms with Gasteiger partial charge in [0.15, 0.2) is 5.37 Å². The van der Waals surface area contributed by atoms with Gasteiger partial charge in [0.25, 0.3) is 10.1 Å². The fourth-order valence-electron chi connectivity index (χ4n) is 2.62. The number of amides is 1. The summed E-state index contributed by atoms with van der Waals surface area (Å²) in [7, 11) is -4.50. The molecule has 0 aliphatic carbocycles. The predicted octanol–water partition coefficient (Wildman–Crippen LogP) is 3.40. The molecule has 0 heterocycles. The highest BCUT2D eigenvalue weighted by molar-refractivity contribution is 7.86. The van der Waals surface area contributed by atoms with E-state index in [9.17, 15) is 18.3 Å². The quantitative estimate of drug-likeness (QED) is 0.305. The molecule has 0 aromatic carbocycles. The Morgan fingerprint density at radius 2 is 1.33 bits per heavy atom. The number of hydrogen-bond acceptors (Lipinski definition) is 4. The van der Waals surface area contributed by atoms with Gasteiger partial charge in [0.1, 0.15) is 0 Å². The lowest BCUT2D eigenvalue weighted by molar-refractivity contribution is -0.122. The van der Waals surface area contributed by atoms with E-state index in [1.807, 2.05) is 0 Å². The van der Waals surface area contributed by atoms with Crippen LogP contribution in [0, 0.1) is 0 Å². The summed E-state index contributed by atoms with van der Waals surface area (Å²) in [5.41, 5.74) is 0. The Morgan fingerprint density at radius 1 is 0.917 bits per heavy atom. The van der Waals surface area contributed by atoms with E-state index >= 15 is 0 Å². The van der Waals surface area contributed by atoms with E-state index in [1.54, 1.807) is 0 Å². The van der Waals surface area contributed by atoms with Crippen LogP contribution in [-0.2, 0) is 14.9 Å². The first kappa shape index (κ1) is 23.3. The van der Waals surface area contributed by atoms with Crippen molar-refractivity contribution in [1.29, 1.82) is 0 Å². The largest absolute Gasteiger partial charge is 0.390 e. The molecule has 0 aliphatic heterocycles. The molecule has 6 nitrogen and oxygen atoms in total. The van der Waals surface area contributed by atoms with Gasteiger partial charge in [0, 0.05) is 6.42 Å². The van der Waals surface area contributed by atoms with Crippen LogP contribution in [0.25, 0.3) is 0 Å². The van der Waals surface area contributed by atoms with Gasteiger partial charge in [-0.05, 0) is 13.3 Å². The van der Waals surface area contributed by atoms with E-state index < -0.39 is 27.5 Å². The molecular formula is C17H35NO5S. The maximum atomic E-state index is 11.7. The topological polar surface area (TPSA) is 104 Å². The molecule has 0 spiro atoms. The van der Waals surface area contributed by atoms with Crippen LogP contribution >= 0.6 is 0 Å². The van der Waals surface area contributed by atoms with Gasteiger partial charge in [0.05, 0.1) is 6.10 Å². The van der Waals surface area contributed by atoms with Gasteiger partial charge in [-0.2, -0.15) is 8.42 Å². The Kier molecular flexibility index (Phi) is 13.2. The molecule has 0 aliphatic rings. The SMILES string of the molecule is CCCCCCCCCCCCCC(=O)NC(C(C)O)S(=O)(=O)O. The molecule has 3 N–H and O–H groups in total. The van der Waals surface area contributed by atoms with Crippen LogP contribution in [0.4, 0.5) is 0 Å². The average molecular weight is 366 g/mol. The zero-order valence-electron chi connectivity index (χ0n) is 15.2. The van der Waals surface area contributed by atoms with Gasteiger partial charge < -0.3 is 10.4 Å². The fourth-order valence-corrected chi connectivity index (χ4v) is 3.40. The number of carbonyl (C=O) groups is 1. The lowest BCUT2D eigenvalue weighted by atomic mass is 10.1. The van der Waals surface area contributed by atoms with E-state index in [4.69, 9.17) is 4.55 Å². The molecule has 0 aromatic heterocycles. The van der Waals surface area contributed by atoms with Gasteiger partial charge in [-0.15, -0.1) is 0 Å². The first-order chi connectivity index (χ1) is 11.3. The molecule has 144 valence electrons. The van der Waals surface area contributed by atoms with E-state index in [0.717, 1.165) is 19.3 Å². The second-order valence-electron chi connectivity index (χ2n) is 6.53. The van der Waals surface area contributed by atoms with Gasteiger partial charge in [-0.3, -0.25) is 9.35 Å². The zero-order chi connectivity index (χ0) is 18.4. The number of rotatable bonds is 15. The Morgan fingerprint density at radius 3 is 1.71 bits per heavy atom. The third-order valence-corrected chi connectivity index (χ3v) is 5.22. The molecular weight excluding hydrogens is 330 g/mol. The first-order valence-corrected chi connectivity index (χ1v) is 10.7. The smallest absolute Gasteiger partial charge is 0.288 e. The highest BCUT2D eigenvalue weighted by Crippen LogP contribution is 2.12. The van der Waals surface area contributed by atoms with Crippen molar-refractivity contribution in [2.24, 2.45) is 0 Å².